The first-order valence-corrected chi connectivity index (χ1v) is 7.09. The van der Waals surface area contributed by atoms with E-state index >= 15 is 0 Å². The van der Waals surface area contributed by atoms with Gasteiger partial charge in [0.1, 0.15) is 0 Å². The molecule has 0 aliphatic heterocycles. The molecule has 2 aliphatic rings. The van der Waals surface area contributed by atoms with Gasteiger partial charge < -0.3 is 9.84 Å². The van der Waals surface area contributed by atoms with E-state index in [1.807, 2.05) is 0 Å². The molecule has 1 unspecified atom stereocenters. The van der Waals surface area contributed by atoms with Crippen molar-refractivity contribution in [3.63, 3.8) is 0 Å². The van der Waals surface area contributed by atoms with Crippen molar-refractivity contribution in [2.45, 2.75) is 76.4 Å². The molecular weight excluding hydrogens is 200 g/mol. The highest BCUT2D eigenvalue weighted by atomic mass is 16.5. The summed E-state index contributed by atoms with van der Waals surface area (Å²) in [5.74, 6) is 0.788. The summed E-state index contributed by atoms with van der Waals surface area (Å²) in [6.07, 6.45) is 10.6. The Morgan fingerprint density at radius 3 is 2.31 bits per heavy atom. The molecule has 0 heterocycles. The fourth-order valence-corrected chi connectivity index (χ4v) is 3.07. The molecule has 0 aromatic heterocycles. The highest BCUT2D eigenvalue weighted by molar-refractivity contribution is 4.93. The summed E-state index contributed by atoms with van der Waals surface area (Å²) in [6, 6.07) is 0. The Hall–Kier alpha value is -0.0800. The summed E-state index contributed by atoms with van der Waals surface area (Å²) < 4.78 is 5.99. The molecule has 94 valence electrons. The van der Waals surface area contributed by atoms with Gasteiger partial charge in [0.25, 0.3) is 0 Å². The van der Waals surface area contributed by atoms with Crippen molar-refractivity contribution < 1.29 is 9.84 Å². The van der Waals surface area contributed by atoms with Crippen LogP contribution in [0.5, 0.6) is 0 Å². The largest absolute Gasteiger partial charge is 0.390 e. The van der Waals surface area contributed by atoms with Gasteiger partial charge in [-0.2, -0.15) is 0 Å². The molecule has 2 fully saturated rings. The monoisotopic (exact) mass is 226 g/mol. The number of aliphatic hydroxyl groups is 1. The van der Waals surface area contributed by atoms with Gasteiger partial charge >= 0.3 is 0 Å². The molecule has 0 aromatic carbocycles. The molecule has 0 aromatic rings. The van der Waals surface area contributed by atoms with E-state index in [2.05, 4.69) is 6.92 Å². The summed E-state index contributed by atoms with van der Waals surface area (Å²) in [6.45, 7) is 2.79. The molecule has 2 saturated carbocycles. The van der Waals surface area contributed by atoms with E-state index in [4.69, 9.17) is 4.74 Å². The van der Waals surface area contributed by atoms with E-state index in [9.17, 15) is 5.11 Å². The van der Waals surface area contributed by atoms with Crippen LogP contribution in [0.4, 0.5) is 0 Å². The average Bonchev–Trinajstić information content (AvgIpc) is 3.06. The highest BCUT2D eigenvalue weighted by Gasteiger charge is 2.41. The number of rotatable bonds is 5. The molecule has 2 heteroatoms. The second-order valence-electron chi connectivity index (χ2n) is 5.61. The van der Waals surface area contributed by atoms with Gasteiger partial charge in [-0.25, -0.2) is 0 Å². The zero-order valence-corrected chi connectivity index (χ0v) is 10.6. The quantitative estimate of drug-likeness (QED) is 0.729. The van der Waals surface area contributed by atoms with Crippen LogP contribution in [0.2, 0.25) is 0 Å². The maximum atomic E-state index is 10.5. The summed E-state index contributed by atoms with van der Waals surface area (Å²) in [4.78, 5) is 0. The summed E-state index contributed by atoms with van der Waals surface area (Å²) in [7, 11) is 0. The third-order valence-corrected chi connectivity index (χ3v) is 4.24. The van der Waals surface area contributed by atoms with Crippen LogP contribution in [0.3, 0.4) is 0 Å². The normalized spacial score (nSPS) is 27.4. The number of hydrogen-bond donors (Lipinski definition) is 1. The summed E-state index contributed by atoms with van der Waals surface area (Å²) in [5, 5.41) is 10.5. The van der Waals surface area contributed by atoms with Gasteiger partial charge in [0.05, 0.1) is 11.7 Å². The van der Waals surface area contributed by atoms with Gasteiger partial charge in [-0.05, 0) is 32.1 Å². The number of aliphatic hydroxyl groups excluding tert-OH is 1. The minimum atomic E-state index is -0.224. The molecule has 0 amide bonds. The van der Waals surface area contributed by atoms with Crippen LogP contribution in [0, 0.1) is 5.92 Å². The second-order valence-corrected chi connectivity index (χ2v) is 5.61. The Balaban J connectivity index is 1.98. The molecule has 2 nitrogen and oxygen atoms in total. The molecule has 1 N–H and O–H groups in total. The number of hydrogen-bond acceptors (Lipinski definition) is 2. The van der Waals surface area contributed by atoms with Gasteiger partial charge in [-0.1, -0.05) is 38.5 Å². The molecule has 0 saturated heterocycles. The van der Waals surface area contributed by atoms with Crippen LogP contribution < -0.4 is 0 Å². The lowest BCUT2D eigenvalue weighted by Gasteiger charge is -2.37. The van der Waals surface area contributed by atoms with Gasteiger partial charge in [-0.15, -0.1) is 0 Å². The Morgan fingerprint density at radius 1 is 1.19 bits per heavy atom. The van der Waals surface area contributed by atoms with Crippen molar-refractivity contribution in [1.82, 2.24) is 0 Å². The van der Waals surface area contributed by atoms with E-state index in [1.54, 1.807) is 0 Å². The number of ether oxygens (including phenoxy) is 1. The summed E-state index contributed by atoms with van der Waals surface area (Å²) >= 11 is 0. The molecule has 1 atom stereocenters. The van der Waals surface area contributed by atoms with Crippen molar-refractivity contribution in [3.8, 4) is 0 Å². The highest BCUT2D eigenvalue weighted by Crippen LogP contribution is 2.40. The van der Waals surface area contributed by atoms with Crippen molar-refractivity contribution in [3.05, 3.63) is 0 Å². The molecular formula is C14H26O2. The molecule has 16 heavy (non-hydrogen) atoms. The van der Waals surface area contributed by atoms with Crippen LogP contribution in [-0.2, 0) is 4.74 Å². The van der Waals surface area contributed by atoms with Crippen LogP contribution >= 0.6 is 0 Å². The van der Waals surface area contributed by atoms with E-state index < -0.39 is 0 Å². The molecule has 0 radical (unpaired) electrons. The fraction of sp³-hybridized carbons (Fsp3) is 1.00. The van der Waals surface area contributed by atoms with Crippen molar-refractivity contribution >= 4 is 0 Å². The van der Waals surface area contributed by atoms with Crippen molar-refractivity contribution in [2.75, 3.05) is 6.61 Å². The van der Waals surface area contributed by atoms with Crippen LogP contribution in [0.15, 0.2) is 0 Å². The molecule has 2 rings (SSSR count). The van der Waals surface area contributed by atoms with Crippen LogP contribution in [0.1, 0.15) is 64.7 Å². The standard InChI is InChI=1S/C14H26O2/c1-2-16-14(9-5-3-4-6-10-14)13(15)11-12-7-8-12/h12-13,15H,2-11H2,1H3. The molecule has 0 bridgehead atoms. The Labute approximate surface area is 99.4 Å². The fourth-order valence-electron chi connectivity index (χ4n) is 3.07. The first kappa shape index (κ1) is 12.4. The van der Waals surface area contributed by atoms with Gasteiger partial charge in [0.2, 0.25) is 0 Å². The van der Waals surface area contributed by atoms with Gasteiger partial charge in [-0.3, -0.25) is 0 Å². The maximum Gasteiger partial charge on any atom is 0.0940 e. The Kier molecular flexibility index (Phi) is 4.26. The average molecular weight is 226 g/mol. The van der Waals surface area contributed by atoms with E-state index in [-0.39, 0.29) is 11.7 Å². The lowest BCUT2D eigenvalue weighted by Crippen LogP contribution is -2.45. The SMILES string of the molecule is CCOC1(C(O)CC2CC2)CCCCCC1. The maximum absolute atomic E-state index is 10.5. The van der Waals surface area contributed by atoms with Gasteiger partial charge in [0, 0.05) is 6.61 Å². The Bertz CT molecular complexity index is 203. The van der Waals surface area contributed by atoms with Crippen LogP contribution in [-0.4, -0.2) is 23.4 Å². The lowest BCUT2D eigenvalue weighted by atomic mass is 9.85. The minimum Gasteiger partial charge on any atom is -0.390 e. The third-order valence-electron chi connectivity index (χ3n) is 4.24. The predicted molar refractivity (Wildman–Crippen MR) is 65.4 cm³/mol. The Morgan fingerprint density at radius 2 is 1.81 bits per heavy atom. The topological polar surface area (TPSA) is 29.5 Å². The molecule has 2 aliphatic carbocycles. The lowest BCUT2D eigenvalue weighted by molar-refractivity contribution is -0.132. The third kappa shape index (κ3) is 2.98. The summed E-state index contributed by atoms with van der Waals surface area (Å²) in [5.41, 5.74) is -0.201. The van der Waals surface area contributed by atoms with Crippen LogP contribution in [0.25, 0.3) is 0 Å². The van der Waals surface area contributed by atoms with E-state index in [0.29, 0.717) is 0 Å². The minimum absolute atomic E-state index is 0.201. The first-order valence-electron chi connectivity index (χ1n) is 7.09. The zero-order valence-electron chi connectivity index (χ0n) is 10.6. The molecule has 0 spiro atoms. The van der Waals surface area contributed by atoms with Crippen molar-refractivity contribution in [2.24, 2.45) is 5.92 Å². The van der Waals surface area contributed by atoms with Gasteiger partial charge in [0.15, 0.2) is 0 Å². The van der Waals surface area contributed by atoms with Crippen molar-refractivity contribution in [1.29, 1.82) is 0 Å². The predicted octanol–water partition coefficient (Wildman–Crippen LogP) is 3.28. The second kappa shape index (κ2) is 5.50. The van der Waals surface area contributed by atoms with E-state index in [0.717, 1.165) is 31.8 Å². The van der Waals surface area contributed by atoms with E-state index in [1.165, 1.54) is 38.5 Å². The smallest absolute Gasteiger partial charge is 0.0940 e. The first-order chi connectivity index (χ1) is 7.77. The zero-order chi connectivity index (χ0) is 11.4.